The molecule has 0 bridgehead atoms. The van der Waals surface area contributed by atoms with Crippen LogP contribution in [0.1, 0.15) is 17.7 Å². The molecule has 3 heterocycles. The van der Waals surface area contributed by atoms with Gasteiger partial charge in [0.1, 0.15) is 5.69 Å². The number of nitrogens with zero attached hydrogens (tertiary/aromatic N) is 2. The molecule has 0 spiro atoms. The summed E-state index contributed by atoms with van der Waals surface area (Å²) in [6.07, 6.45) is -0.965. The molecule has 144 valence electrons. The van der Waals surface area contributed by atoms with Crippen molar-refractivity contribution in [1.82, 2.24) is 14.3 Å². The first-order valence-electron chi connectivity index (χ1n) is 7.56. The molecule has 0 aromatic carbocycles. The van der Waals surface area contributed by atoms with E-state index in [1.54, 1.807) is 0 Å². The highest BCUT2D eigenvalue weighted by atomic mass is 32.2. The van der Waals surface area contributed by atoms with E-state index < -0.39 is 50.3 Å². The first-order valence-corrected chi connectivity index (χ1v) is 9.00. The maximum atomic E-state index is 14.9. The van der Waals surface area contributed by atoms with E-state index in [0.717, 1.165) is 30.6 Å². The number of halogens is 4. The van der Waals surface area contributed by atoms with Crippen molar-refractivity contribution in [3.63, 3.8) is 0 Å². The molecule has 0 aliphatic heterocycles. The molecule has 0 aliphatic rings. The number of furan rings is 1. The predicted octanol–water partition coefficient (Wildman–Crippen LogP) is 3.32. The summed E-state index contributed by atoms with van der Waals surface area (Å²) >= 11 is 0. The lowest BCUT2D eigenvalue weighted by atomic mass is 10.2. The highest BCUT2D eigenvalue weighted by Gasteiger charge is 2.31. The maximum Gasteiger partial charge on any atom is 0.301 e. The molecule has 0 saturated heterocycles. The van der Waals surface area contributed by atoms with Crippen molar-refractivity contribution in [1.29, 1.82) is 0 Å². The zero-order valence-electron chi connectivity index (χ0n) is 13.8. The Morgan fingerprint density at radius 2 is 2.00 bits per heavy atom. The molecule has 0 unspecified atom stereocenters. The van der Waals surface area contributed by atoms with Crippen LogP contribution in [0.25, 0.3) is 11.3 Å². The van der Waals surface area contributed by atoms with Crippen LogP contribution in [-0.4, -0.2) is 24.4 Å². The van der Waals surface area contributed by atoms with Gasteiger partial charge < -0.3 is 9.73 Å². The van der Waals surface area contributed by atoms with Gasteiger partial charge >= 0.3 is 10.0 Å². The second-order valence-corrected chi connectivity index (χ2v) is 7.19. The van der Waals surface area contributed by atoms with Gasteiger partial charge in [0.05, 0.1) is 5.56 Å². The van der Waals surface area contributed by atoms with E-state index >= 15 is 0 Å². The summed E-state index contributed by atoms with van der Waals surface area (Å²) in [4.78, 5) is 3.40. The zero-order chi connectivity index (χ0) is 19.8. The summed E-state index contributed by atoms with van der Waals surface area (Å²) in [6, 6.07) is 4.09. The van der Waals surface area contributed by atoms with Gasteiger partial charge in [0.25, 0.3) is 6.43 Å². The van der Waals surface area contributed by atoms with Crippen LogP contribution in [0, 0.1) is 11.8 Å². The summed E-state index contributed by atoms with van der Waals surface area (Å²) in [7, 11) is -3.10. The summed E-state index contributed by atoms with van der Waals surface area (Å²) in [5, 5.41) is 1.84. The number of aromatic nitrogens is 2. The van der Waals surface area contributed by atoms with Crippen LogP contribution in [-0.2, 0) is 16.6 Å². The molecule has 6 nitrogen and oxygen atoms in total. The number of hydrogen-bond donors (Lipinski definition) is 1. The monoisotopic (exact) mass is 403 g/mol. The molecule has 27 heavy (non-hydrogen) atoms. The highest BCUT2D eigenvalue weighted by Crippen LogP contribution is 2.33. The topological polar surface area (TPSA) is 77.1 Å². The average Bonchev–Trinajstić information content (AvgIpc) is 3.23. The van der Waals surface area contributed by atoms with Crippen molar-refractivity contribution >= 4 is 10.0 Å². The van der Waals surface area contributed by atoms with E-state index in [4.69, 9.17) is 0 Å². The smallest absolute Gasteiger partial charge is 0.301 e. The first kappa shape index (κ1) is 19.1. The molecule has 3 rings (SSSR count). The number of alkyl halides is 2. The fourth-order valence-electron chi connectivity index (χ4n) is 2.50. The van der Waals surface area contributed by atoms with Crippen LogP contribution >= 0.6 is 0 Å². The highest BCUT2D eigenvalue weighted by molar-refractivity contribution is 7.89. The lowest BCUT2D eigenvalue weighted by Crippen LogP contribution is -2.13. The summed E-state index contributed by atoms with van der Waals surface area (Å²) in [5.41, 5.74) is -1.08. The normalized spacial score (nSPS) is 12.1. The van der Waals surface area contributed by atoms with E-state index in [-0.39, 0.29) is 12.1 Å². The zero-order valence-corrected chi connectivity index (χ0v) is 14.6. The Balaban J connectivity index is 2.25. The molecule has 1 N–H and O–H groups in total. The van der Waals surface area contributed by atoms with Crippen molar-refractivity contribution in [3.05, 3.63) is 59.7 Å². The Morgan fingerprint density at radius 3 is 2.59 bits per heavy atom. The Bertz CT molecular complexity index is 1080. The SMILES string of the molecule is CNCc1cn(S(=O)(=O)c2ccc(C(F)F)o2)c(-c2cccnc2F)c1F. The van der Waals surface area contributed by atoms with Gasteiger partial charge in [-0.15, -0.1) is 0 Å². The standard InChI is InChI=1S/C16H13F4N3O3S/c1-21-7-9-8-23(14(13(9)17)10-3-2-6-22-16(10)20)27(24,25)12-5-4-11(26-12)15(18)19/h2-6,8,15,21H,7H2,1H3. The summed E-state index contributed by atoms with van der Waals surface area (Å²) in [5.74, 6) is -2.93. The second kappa shape index (κ2) is 7.16. The van der Waals surface area contributed by atoms with Gasteiger partial charge in [-0.2, -0.15) is 12.8 Å². The molecular formula is C16H13F4N3O3S. The molecule has 0 radical (unpaired) electrons. The number of pyridine rings is 1. The third kappa shape index (κ3) is 3.35. The van der Waals surface area contributed by atoms with Crippen LogP contribution in [0.15, 0.2) is 46.2 Å². The quantitative estimate of drug-likeness (QED) is 0.505. The predicted molar refractivity (Wildman–Crippen MR) is 86.6 cm³/mol. The van der Waals surface area contributed by atoms with Crippen LogP contribution in [0.3, 0.4) is 0 Å². The number of rotatable bonds is 6. The van der Waals surface area contributed by atoms with Crippen molar-refractivity contribution in [2.24, 2.45) is 0 Å². The minimum absolute atomic E-state index is 0.0519. The van der Waals surface area contributed by atoms with Gasteiger partial charge in [-0.05, 0) is 31.3 Å². The van der Waals surface area contributed by atoms with Gasteiger partial charge in [0.15, 0.2) is 11.6 Å². The maximum absolute atomic E-state index is 14.9. The van der Waals surface area contributed by atoms with Crippen molar-refractivity contribution in [2.45, 2.75) is 18.1 Å². The Labute approximate surface area is 151 Å². The van der Waals surface area contributed by atoms with Gasteiger partial charge in [-0.25, -0.2) is 22.1 Å². The van der Waals surface area contributed by atoms with Crippen molar-refractivity contribution in [3.8, 4) is 11.3 Å². The van der Waals surface area contributed by atoms with Crippen LogP contribution < -0.4 is 5.32 Å². The van der Waals surface area contributed by atoms with Gasteiger partial charge in [-0.1, -0.05) is 0 Å². The molecule has 3 aromatic heterocycles. The van der Waals surface area contributed by atoms with Gasteiger partial charge in [-0.3, -0.25) is 0 Å². The van der Waals surface area contributed by atoms with Crippen LogP contribution in [0.2, 0.25) is 0 Å². The van der Waals surface area contributed by atoms with E-state index in [1.165, 1.54) is 13.1 Å². The Morgan fingerprint density at radius 1 is 1.26 bits per heavy atom. The number of nitrogens with one attached hydrogen (secondary N) is 1. The van der Waals surface area contributed by atoms with E-state index in [1.807, 2.05) is 0 Å². The van der Waals surface area contributed by atoms with Crippen molar-refractivity contribution < 1.29 is 30.4 Å². The molecule has 0 amide bonds. The average molecular weight is 403 g/mol. The van der Waals surface area contributed by atoms with Crippen LogP contribution in [0.5, 0.6) is 0 Å². The van der Waals surface area contributed by atoms with Crippen molar-refractivity contribution in [2.75, 3.05) is 7.05 Å². The van der Waals surface area contributed by atoms with E-state index in [9.17, 15) is 26.0 Å². The first-order chi connectivity index (χ1) is 12.8. The second-order valence-electron chi connectivity index (χ2n) is 5.45. The number of hydrogen-bond acceptors (Lipinski definition) is 5. The minimum Gasteiger partial charge on any atom is -0.442 e. The van der Waals surface area contributed by atoms with E-state index in [0.29, 0.717) is 3.97 Å². The molecule has 0 fully saturated rings. The fourth-order valence-corrected chi connectivity index (χ4v) is 3.82. The van der Waals surface area contributed by atoms with Gasteiger partial charge in [0, 0.05) is 24.5 Å². The molecule has 0 atom stereocenters. The lowest BCUT2D eigenvalue weighted by Gasteiger charge is -2.09. The summed E-state index contributed by atoms with van der Waals surface area (Å²) in [6.45, 7) is -0.0519. The fraction of sp³-hybridized carbons (Fsp3) is 0.188. The molecule has 3 aromatic rings. The van der Waals surface area contributed by atoms with Crippen LogP contribution in [0.4, 0.5) is 17.6 Å². The van der Waals surface area contributed by atoms with E-state index in [2.05, 4.69) is 14.7 Å². The Hall–Kier alpha value is -2.66. The minimum atomic E-state index is -4.61. The third-order valence-electron chi connectivity index (χ3n) is 3.70. The molecule has 11 heteroatoms. The van der Waals surface area contributed by atoms with Gasteiger partial charge in [0.2, 0.25) is 11.0 Å². The molecule has 0 saturated carbocycles. The lowest BCUT2D eigenvalue weighted by molar-refractivity contribution is 0.116. The molecule has 0 aliphatic carbocycles. The third-order valence-corrected chi connectivity index (χ3v) is 5.23. The Kier molecular flexibility index (Phi) is 5.07. The summed E-state index contributed by atoms with van der Waals surface area (Å²) < 4.78 is 85.2. The molecular weight excluding hydrogens is 390 g/mol. The largest absolute Gasteiger partial charge is 0.442 e.